The molecule has 0 aliphatic rings. The maximum absolute atomic E-state index is 12.8. The Morgan fingerprint density at radius 2 is 2.13 bits per heavy atom. The lowest BCUT2D eigenvalue weighted by Gasteiger charge is -2.14. The van der Waals surface area contributed by atoms with Crippen LogP contribution in [-0.4, -0.2) is 25.7 Å². The molecule has 0 amide bonds. The van der Waals surface area contributed by atoms with Gasteiger partial charge in [-0.1, -0.05) is 17.7 Å². The number of nitrogens with zero attached hydrogens (tertiary/aromatic N) is 1. The maximum atomic E-state index is 12.8. The number of methoxy groups -OCH3 is 1. The van der Waals surface area contributed by atoms with Gasteiger partial charge in [0.2, 0.25) is 0 Å². The van der Waals surface area contributed by atoms with Gasteiger partial charge >= 0.3 is 0 Å². The van der Waals surface area contributed by atoms with E-state index in [1.807, 2.05) is 0 Å². The van der Waals surface area contributed by atoms with Crippen LogP contribution in [-0.2, 0) is 10.0 Å². The molecule has 6 nitrogen and oxygen atoms in total. The van der Waals surface area contributed by atoms with Crippen LogP contribution in [0.3, 0.4) is 0 Å². The number of anilines is 1. The van der Waals surface area contributed by atoms with E-state index in [0.717, 1.165) is 5.52 Å². The van der Waals surface area contributed by atoms with Crippen molar-refractivity contribution in [1.82, 2.24) is 10.2 Å². The van der Waals surface area contributed by atoms with Crippen LogP contribution < -0.4 is 9.46 Å². The summed E-state index contributed by atoms with van der Waals surface area (Å²) in [6, 6.07) is 8.08. The first kappa shape index (κ1) is 16.1. The molecule has 9 heteroatoms. The highest BCUT2D eigenvalue weighted by atomic mass is 79.9. The summed E-state index contributed by atoms with van der Waals surface area (Å²) >= 11 is 9.23. The lowest BCUT2D eigenvalue weighted by atomic mass is 10.2. The van der Waals surface area contributed by atoms with Gasteiger partial charge < -0.3 is 4.74 Å². The van der Waals surface area contributed by atoms with Crippen LogP contribution in [0.4, 0.5) is 5.69 Å². The van der Waals surface area contributed by atoms with Crippen molar-refractivity contribution in [3.8, 4) is 5.75 Å². The van der Waals surface area contributed by atoms with Crippen molar-refractivity contribution >= 4 is 54.1 Å². The van der Waals surface area contributed by atoms with Crippen LogP contribution in [0, 0.1) is 0 Å². The fraction of sp³-hybridized carbons (Fsp3) is 0.0714. The van der Waals surface area contributed by atoms with Crippen molar-refractivity contribution in [2.45, 2.75) is 4.90 Å². The average molecular weight is 417 g/mol. The van der Waals surface area contributed by atoms with Crippen molar-refractivity contribution in [1.29, 1.82) is 0 Å². The second-order valence-electron chi connectivity index (χ2n) is 4.66. The number of aromatic amines is 1. The highest BCUT2D eigenvalue weighted by Gasteiger charge is 2.23. The van der Waals surface area contributed by atoms with Gasteiger partial charge in [0.15, 0.2) is 5.75 Å². The molecule has 1 aromatic heterocycles. The van der Waals surface area contributed by atoms with Gasteiger partial charge in [-0.15, -0.1) is 0 Å². The third-order valence-corrected chi connectivity index (χ3v) is 5.38. The Morgan fingerprint density at radius 3 is 2.87 bits per heavy atom. The summed E-state index contributed by atoms with van der Waals surface area (Å²) in [7, 11) is -2.51. The fourth-order valence-electron chi connectivity index (χ4n) is 2.19. The van der Waals surface area contributed by atoms with Gasteiger partial charge in [-0.25, -0.2) is 8.42 Å². The predicted octanol–water partition coefficient (Wildman–Crippen LogP) is 3.79. The zero-order valence-electron chi connectivity index (χ0n) is 11.8. The highest BCUT2D eigenvalue weighted by molar-refractivity contribution is 9.10. The van der Waals surface area contributed by atoms with Gasteiger partial charge in [-0.05, 0) is 40.2 Å². The zero-order chi connectivity index (χ0) is 16.6. The minimum absolute atomic E-state index is 0.0557. The van der Waals surface area contributed by atoms with Crippen molar-refractivity contribution < 1.29 is 13.2 Å². The van der Waals surface area contributed by atoms with Gasteiger partial charge in [0.25, 0.3) is 10.0 Å². The van der Waals surface area contributed by atoms with Crippen molar-refractivity contribution in [2.24, 2.45) is 0 Å². The predicted molar refractivity (Wildman–Crippen MR) is 92.6 cm³/mol. The second kappa shape index (κ2) is 6.03. The Kier molecular flexibility index (Phi) is 4.22. The third kappa shape index (κ3) is 3.01. The lowest BCUT2D eigenvalue weighted by molar-refractivity contribution is 0.400. The second-order valence-corrected chi connectivity index (χ2v) is 7.60. The van der Waals surface area contributed by atoms with E-state index in [2.05, 4.69) is 30.8 Å². The first-order chi connectivity index (χ1) is 10.9. The topological polar surface area (TPSA) is 84.1 Å². The number of benzene rings is 2. The largest absolute Gasteiger partial charge is 0.494 e. The first-order valence-electron chi connectivity index (χ1n) is 6.40. The molecule has 120 valence electrons. The molecule has 1 heterocycles. The summed E-state index contributed by atoms with van der Waals surface area (Å²) in [6.07, 6.45) is 1.55. The molecule has 0 spiro atoms. The number of aromatic nitrogens is 2. The van der Waals surface area contributed by atoms with Crippen molar-refractivity contribution in [2.75, 3.05) is 11.8 Å². The Balaban J connectivity index is 2.11. The van der Waals surface area contributed by atoms with Crippen LogP contribution in [0.15, 0.2) is 45.9 Å². The molecule has 0 aliphatic heterocycles. The summed E-state index contributed by atoms with van der Waals surface area (Å²) in [4.78, 5) is -0.0557. The molecule has 0 saturated heterocycles. The highest BCUT2D eigenvalue weighted by Crippen LogP contribution is 2.36. The summed E-state index contributed by atoms with van der Waals surface area (Å²) in [5.41, 5.74) is 1.14. The van der Waals surface area contributed by atoms with Gasteiger partial charge in [0.05, 0.1) is 29.0 Å². The van der Waals surface area contributed by atoms with Gasteiger partial charge in [0.1, 0.15) is 4.90 Å². The van der Waals surface area contributed by atoms with E-state index in [1.54, 1.807) is 30.5 Å². The van der Waals surface area contributed by atoms with E-state index in [9.17, 15) is 8.42 Å². The Bertz CT molecular complexity index is 988. The molecule has 0 bridgehead atoms. The number of rotatable bonds is 4. The van der Waals surface area contributed by atoms with Crippen LogP contribution in [0.5, 0.6) is 5.75 Å². The number of ether oxygens (including phenoxy) is 1. The standard InChI is InChI=1S/C14H11BrClN3O3S/c1-22-14-10(15)5-8(16)6-13(14)23(20,21)19-12-4-2-3-11-9(12)7-17-18-11/h2-7,19H,1H3,(H,17,18). The van der Waals surface area contributed by atoms with E-state index in [-0.39, 0.29) is 15.7 Å². The molecule has 2 N–H and O–H groups in total. The third-order valence-electron chi connectivity index (χ3n) is 3.20. The van der Waals surface area contributed by atoms with Crippen molar-refractivity contribution in [3.63, 3.8) is 0 Å². The quantitative estimate of drug-likeness (QED) is 0.678. The molecule has 0 radical (unpaired) electrons. The maximum Gasteiger partial charge on any atom is 0.265 e. The Hall–Kier alpha value is -1.77. The monoisotopic (exact) mass is 415 g/mol. The number of hydrogen-bond donors (Lipinski definition) is 2. The van der Waals surface area contributed by atoms with E-state index < -0.39 is 10.0 Å². The van der Waals surface area contributed by atoms with Crippen molar-refractivity contribution in [3.05, 3.63) is 46.0 Å². The summed E-state index contributed by atoms with van der Waals surface area (Å²) < 4.78 is 33.7. The van der Waals surface area contributed by atoms with Crippen LogP contribution in [0.1, 0.15) is 0 Å². The SMILES string of the molecule is COc1c(Br)cc(Cl)cc1S(=O)(=O)Nc1cccc2[nH]ncc12. The number of halogens is 2. The minimum atomic E-state index is -3.90. The lowest BCUT2D eigenvalue weighted by Crippen LogP contribution is -2.14. The molecule has 0 atom stereocenters. The molecule has 3 aromatic rings. The van der Waals surface area contributed by atoms with Gasteiger partial charge in [-0.2, -0.15) is 5.10 Å². The zero-order valence-corrected chi connectivity index (χ0v) is 15.0. The fourth-order valence-corrected chi connectivity index (χ4v) is 4.66. The van der Waals surface area contributed by atoms with Crippen LogP contribution in [0.2, 0.25) is 5.02 Å². The summed E-state index contributed by atoms with van der Waals surface area (Å²) in [5, 5.41) is 7.64. The van der Waals surface area contributed by atoms with Gasteiger partial charge in [0, 0.05) is 10.4 Å². The number of hydrogen-bond acceptors (Lipinski definition) is 4. The van der Waals surface area contributed by atoms with Gasteiger partial charge in [-0.3, -0.25) is 9.82 Å². The molecule has 0 fully saturated rings. The normalized spacial score (nSPS) is 11.6. The van der Waals surface area contributed by atoms with Crippen LogP contribution >= 0.6 is 27.5 Å². The molecule has 0 saturated carbocycles. The molecule has 0 aliphatic carbocycles. The Morgan fingerprint density at radius 1 is 1.35 bits per heavy atom. The van der Waals surface area contributed by atoms with E-state index >= 15 is 0 Å². The first-order valence-corrected chi connectivity index (χ1v) is 9.06. The summed E-state index contributed by atoms with van der Waals surface area (Å²) in [6.45, 7) is 0. The van der Waals surface area contributed by atoms with Crippen LogP contribution in [0.25, 0.3) is 10.9 Å². The molecule has 23 heavy (non-hydrogen) atoms. The number of nitrogens with one attached hydrogen (secondary N) is 2. The number of sulfonamides is 1. The molecule has 3 rings (SSSR count). The molecular formula is C14H11BrClN3O3S. The number of H-pyrrole nitrogens is 1. The van der Waals surface area contributed by atoms with E-state index in [1.165, 1.54) is 13.2 Å². The molecule has 0 unspecified atom stereocenters. The molecular weight excluding hydrogens is 406 g/mol. The summed E-state index contributed by atoms with van der Waals surface area (Å²) in [5.74, 6) is 0.182. The Labute approximate surface area is 146 Å². The minimum Gasteiger partial charge on any atom is -0.494 e. The van der Waals surface area contributed by atoms with E-state index in [4.69, 9.17) is 16.3 Å². The smallest absolute Gasteiger partial charge is 0.265 e. The molecule has 2 aromatic carbocycles. The number of fused-ring (bicyclic) bond motifs is 1. The van der Waals surface area contributed by atoms with E-state index in [0.29, 0.717) is 15.5 Å². The average Bonchev–Trinajstić information content (AvgIpc) is 2.96.